The third-order valence-corrected chi connectivity index (χ3v) is 12.6. The molecule has 9 heteroatoms. The van der Waals surface area contributed by atoms with Gasteiger partial charge in [0.15, 0.2) is 12.4 Å². The number of unbranched alkanes of at least 4 members (excludes halogenated alkanes) is 30. The summed E-state index contributed by atoms with van der Waals surface area (Å²) in [7, 11) is 5.93. The van der Waals surface area contributed by atoms with E-state index in [-0.39, 0.29) is 32.2 Å². The summed E-state index contributed by atoms with van der Waals surface area (Å²) in [5.74, 6) is -2.27. The number of carbonyl (C=O) groups excluding carboxylic acids is 3. The van der Waals surface area contributed by atoms with Crippen molar-refractivity contribution in [2.75, 3.05) is 47.5 Å². The van der Waals surface area contributed by atoms with Gasteiger partial charge < -0.3 is 33.3 Å². The van der Waals surface area contributed by atoms with E-state index in [9.17, 15) is 19.5 Å². The maximum absolute atomic E-state index is 12.9. The van der Waals surface area contributed by atoms with E-state index in [1.54, 1.807) is 0 Å². The molecule has 69 heavy (non-hydrogen) atoms. The van der Waals surface area contributed by atoms with Crippen LogP contribution in [-0.4, -0.2) is 82.3 Å². The normalized spacial score (nSPS) is 13.1. The van der Waals surface area contributed by atoms with Gasteiger partial charge in [0, 0.05) is 12.8 Å². The number of likely N-dealkylation sites (N-methyl/N-ethyl adjacent to an activating group) is 1. The number of hydrogen-bond acceptors (Lipinski definition) is 8. The van der Waals surface area contributed by atoms with Crippen molar-refractivity contribution in [2.24, 2.45) is 0 Å². The molecule has 0 spiro atoms. The molecule has 0 rings (SSSR count). The standard InChI is InChI=1S/C60H109NO8/c1-6-8-10-12-14-16-18-20-22-24-25-26-27-28-29-30-31-32-33-35-37-39-41-43-45-47-49-51-58(63)69-56(55-68-60(59(64)65)66-53-52-61(3,4)5)54-67-57(62)50-48-46-44-42-40-38-36-34-23-21-19-17-15-13-11-9-7-2/h8,10,14,16,20,22,25-26,56,60H,6-7,9,11-13,15,17-19,21,23-24,27-55H2,1-5H3/b10-8-,16-14-,22-20-,26-25-. The van der Waals surface area contributed by atoms with Crippen LogP contribution in [0.15, 0.2) is 48.6 Å². The molecule has 0 aromatic carbocycles. The number of quaternary nitrogens is 1. The van der Waals surface area contributed by atoms with Gasteiger partial charge in [-0.05, 0) is 51.4 Å². The molecule has 0 aliphatic carbocycles. The van der Waals surface area contributed by atoms with Gasteiger partial charge in [0.2, 0.25) is 0 Å². The van der Waals surface area contributed by atoms with Crippen LogP contribution < -0.4 is 5.11 Å². The lowest BCUT2D eigenvalue weighted by atomic mass is 10.0. The van der Waals surface area contributed by atoms with Crippen LogP contribution in [0.2, 0.25) is 0 Å². The predicted octanol–water partition coefficient (Wildman–Crippen LogP) is 15.3. The topological polar surface area (TPSA) is 111 Å². The first-order chi connectivity index (χ1) is 33.6. The van der Waals surface area contributed by atoms with Crippen LogP contribution in [0.5, 0.6) is 0 Å². The highest BCUT2D eigenvalue weighted by atomic mass is 16.7. The van der Waals surface area contributed by atoms with E-state index in [2.05, 4.69) is 62.5 Å². The number of aliphatic carboxylic acids is 1. The summed E-state index contributed by atoms with van der Waals surface area (Å²) in [5.41, 5.74) is 0. The largest absolute Gasteiger partial charge is 0.545 e. The zero-order valence-electron chi connectivity index (χ0n) is 45.7. The first kappa shape index (κ1) is 66.2. The Morgan fingerprint density at radius 1 is 0.449 bits per heavy atom. The highest BCUT2D eigenvalue weighted by Crippen LogP contribution is 2.17. The summed E-state index contributed by atoms with van der Waals surface area (Å²) in [5, 5.41) is 11.8. The molecule has 402 valence electrons. The van der Waals surface area contributed by atoms with E-state index in [1.807, 2.05) is 21.1 Å². The molecule has 0 radical (unpaired) electrons. The smallest absolute Gasteiger partial charge is 0.306 e. The molecule has 0 saturated heterocycles. The second kappa shape index (κ2) is 51.6. The fraction of sp³-hybridized carbons (Fsp3) is 0.817. The van der Waals surface area contributed by atoms with Gasteiger partial charge in [-0.15, -0.1) is 0 Å². The predicted molar refractivity (Wildman–Crippen MR) is 288 cm³/mol. The molecule has 0 bridgehead atoms. The number of allylic oxidation sites excluding steroid dienone is 8. The number of carbonyl (C=O) groups is 3. The minimum absolute atomic E-state index is 0.149. The Hall–Kier alpha value is -2.75. The molecule has 9 nitrogen and oxygen atoms in total. The van der Waals surface area contributed by atoms with E-state index in [0.29, 0.717) is 23.9 Å². The number of ether oxygens (including phenoxy) is 4. The van der Waals surface area contributed by atoms with Crippen LogP contribution in [0.25, 0.3) is 0 Å². The second-order valence-electron chi connectivity index (χ2n) is 20.6. The summed E-state index contributed by atoms with van der Waals surface area (Å²) < 4.78 is 22.7. The van der Waals surface area contributed by atoms with Gasteiger partial charge in [0.25, 0.3) is 0 Å². The van der Waals surface area contributed by atoms with Gasteiger partial charge >= 0.3 is 11.9 Å². The van der Waals surface area contributed by atoms with E-state index in [0.717, 1.165) is 57.8 Å². The number of esters is 2. The summed E-state index contributed by atoms with van der Waals surface area (Å²) in [4.78, 5) is 37.3. The van der Waals surface area contributed by atoms with Gasteiger partial charge in [0.05, 0.1) is 40.3 Å². The molecule has 0 aliphatic rings. The van der Waals surface area contributed by atoms with Gasteiger partial charge in [0.1, 0.15) is 13.2 Å². The van der Waals surface area contributed by atoms with Gasteiger partial charge in [-0.1, -0.05) is 242 Å². The number of rotatable bonds is 53. The minimum Gasteiger partial charge on any atom is -0.545 e. The maximum atomic E-state index is 12.9. The van der Waals surface area contributed by atoms with Crippen LogP contribution in [0, 0.1) is 0 Å². The lowest BCUT2D eigenvalue weighted by Gasteiger charge is -2.26. The monoisotopic (exact) mass is 972 g/mol. The van der Waals surface area contributed by atoms with Crippen LogP contribution in [0.3, 0.4) is 0 Å². The fourth-order valence-electron chi connectivity index (χ4n) is 8.18. The van der Waals surface area contributed by atoms with Crippen molar-refractivity contribution in [3.05, 3.63) is 48.6 Å². The highest BCUT2D eigenvalue weighted by Gasteiger charge is 2.22. The lowest BCUT2D eigenvalue weighted by molar-refractivity contribution is -0.870. The molecule has 2 atom stereocenters. The van der Waals surface area contributed by atoms with Gasteiger partial charge in [-0.3, -0.25) is 9.59 Å². The zero-order chi connectivity index (χ0) is 50.6. The van der Waals surface area contributed by atoms with Crippen molar-refractivity contribution < 1.29 is 42.9 Å². The van der Waals surface area contributed by atoms with Gasteiger partial charge in [-0.2, -0.15) is 0 Å². The Bertz CT molecular complexity index is 1270. The van der Waals surface area contributed by atoms with E-state index < -0.39 is 24.3 Å². The summed E-state index contributed by atoms with van der Waals surface area (Å²) in [6.45, 7) is 4.67. The van der Waals surface area contributed by atoms with Crippen molar-refractivity contribution in [3.63, 3.8) is 0 Å². The van der Waals surface area contributed by atoms with Crippen molar-refractivity contribution in [3.8, 4) is 0 Å². The summed E-state index contributed by atoms with van der Waals surface area (Å²) in [6, 6.07) is 0. The second-order valence-corrected chi connectivity index (χ2v) is 20.6. The van der Waals surface area contributed by atoms with E-state index in [1.165, 1.54) is 167 Å². The molecule has 0 aliphatic heterocycles. The third kappa shape index (κ3) is 52.9. The summed E-state index contributed by atoms with van der Waals surface area (Å²) in [6.07, 6.45) is 60.1. The van der Waals surface area contributed by atoms with Crippen LogP contribution in [-0.2, 0) is 33.3 Å². The summed E-state index contributed by atoms with van der Waals surface area (Å²) >= 11 is 0. The Kier molecular flexibility index (Phi) is 49.5. The van der Waals surface area contributed by atoms with E-state index >= 15 is 0 Å². The molecule has 0 saturated carbocycles. The van der Waals surface area contributed by atoms with Crippen molar-refractivity contribution in [1.82, 2.24) is 0 Å². The van der Waals surface area contributed by atoms with Crippen molar-refractivity contribution >= 4 is 17.9 Å². The lowest BCUT2D eigenvalue weighted by Crippen LogP contribution is -2.44. The number of nitrogens with zero attached hydrogens (tertiary/aromatic N) is 1. The molecule has 0 heterocycles. The number of carboxylic acid groups (broad SMARTS) is 1. The molecule has 0 amide bonds. The van der Waals surface area contributed by atoms with Crippen LogP contribution >= 0.6 is 0 Å². The third-order valence-electron chi connectivity index (χ3n) is 12.6. The van der Waals surface area contributed by atoms with Crippen molar-refractivity contribution in [2.45, 2.75) is 270 Å². The average Bonchev–Trinajstić information content (AvgIpc) is 3.31. The first-order valence-corrected chi connectivity index (χ1v) is 28.8. The SMILES string of the molecule is CC/C=C\C/C=C\C/C=C\C/C=C\CCCCCCCCCCCCCCCCC(=O)OC(COC(=O)CCCCCCCCCCCCCCCCCCC)COC(OCC[N+](C)(C)C)C(=O)[O-]. The molecular weight excluding hydrogens is 863 g/mol. The molecule has 0 fully saturated rings. The Morgan fingerprint density at radius 2 is 0.826 bits per heavy atom. The zero-order valence-corrected chi connectivity index (χ0v) is 45.7. The molecule has 0 aromatic rings. The minimum atomic E-state index is -1.62. The molecule has 0 aromatic heterocycles. The highest BCUT2D eigenvalue weighted by molar-refractivity contribution is 5.70. The Morgan fingerprint density at radius 3 is 1.23 bits per heavy atom. The number of hydrogen-bond donors (Lipinski definition) is 0. The van der Waals surface area contributed by atoms with Crippen molar-refractivity contribution in [1.29, 1.82) is 0 Å². The molecule has 2 unspecified atom stereocenters. The van der Waals surface area contributed by atoms with Gasteiger partial charge in [-0.25, -0.2) is 0 Å². The molecule has 0 N–H and O–H groups in total. The van der Waals surface area contributed by atoms with E-state index in [4.69, 9.17) is 18.9 Å². The van der Waals surface area contributed by atoms with Crippen LogP contribution in [0.4, 0.5) is 0 Å². The molecular formula is C60H109NO8. The fourth-order valence-corrected chi connectivity index (χ4v) is 8.18. The Labute approximate surface area is 425 Å². The average molecular weight is 973 g/mol. The quantitative estimate of drug-likeness (QED) is 0.0195. The number of carboxylic acids is 1. The first-order valence-electron chi connectivity index (χ1n) is 28.8. The Balaban J connectivity index is 4.20. The van der Waals surface area contributed by atoms with Crippen LogP contribution in [0.1, 0.15) is 258 Å². The maximum Gasteiger partial charge on any atom is 0.306 e.